The minimum absolute atomic E-state index is 0.0655. The molecule has 0 aliphatic heterocycles. The first-order valence-electron chi connectivity index (χ1n) is 19.0. The first-order chi connectivity index (χ1) is 27.0. The zero-order valence-corrected chi connectivity index (χ0v) is 30.9. The Morgan fingerprint density at radius 3 is 1.53 bits per heavy atom. The molecule has 2 heteroatoms. The zero-order valence-electron chi connectivity index (χ0n) is 30.9. The van der Waals surface area contributed by atoms with E-state index in [0.717, 1.165) is 39.2 Å². The van der Waals surface area contributed by atoms with Gasteiger partial charge in [0.25, 0.3) is 0 Å². The van der Waals surface area contributed by atoms with Crippen molar-refractivity contribution >= 4 is 10.8 Å². The van der Waals surface area contributed by atoms with Crippen LogP contribution in [0.5, 0.6) is 0 Å². The van der Waals surface area contributed by atoms with Gasteiger partial charge in [-0.05, 0) is 84.6 Å². The zero-order chi connectivity index (χ0) is 36.9. The molecule has 0 spiro atoms. The van der Waals surface area contributed by atoms with Crippen molar-refractivity contribution in [1.82, 2.24) is 9.97 Å². The molecule has 0 atom stereocenters. The Morgan fingerprint density at radius 2 is 0.836 bits per heavy atom. The van der Waals surface area contributed by atoms with Crippen LogP contribution >= 0.6 is 0 Å². The maximum atomic E-state index is 5.13. The van der Waals surface area contributed by atoms with Crippen LogP contribution in [0, 0.1) is 0 Å². The largest absolute Gasteiger partial charge is 0.228 e. The monoisotopic (exact) mass is 702 g/mol. The van der Waals surface area contributed by atoms with E-state index in [9.17, 15) is 0 Å². The van der Waals surface area contributed by atoms with E-state index in [1.54, 1.807) is 0 Å². The van der Waals surface area contributed by atoms with E-state index in [1.807, 2.05) is 18.2 Å². The van der Waals surface area contributed by atoms with Crippen molar-refractivity contribution in [2.45, 2.75) is 19.3 Å². The minimum atomic E-state index is -0.0655. The van der Waals surface area contributed by atoms with Crippen LogP contribution in [0.4, 0.5) is 0 Å². The molecule has 1 aliphatic rings. The van der Waals surface area contributed by atoms with Crippen LogP contribution in [0.3, 0.4) is 0 Å². The molecule has 0 saturated carbocycles. The second-order valence-electron chi connectivity index (χ2n) is 15.0. The molecule has 8 aromatic carbocycles. The predicted molar refractivity (Wildman–Crippen MR) is 230 cm³/mol. The molecule has 0 amide bonds. The van der Waals surface area contributed by atoms with Crippen molar-refractivity contribution in [3.63, 3.8) is 0 Å². The topological polar surface area (TPSA) is 25.8 Å². The fourth-order valence-electron chi connectivity index (χ4n) is 8.41. The van der Waals surface area contributed by atoms with Crippen LogP contribution in [0.2, 0.25) is 0 Å². The summed E-state index contributed by atoms with van der Waals surface area (Å²) in [5.41, 5.74) is 17.5. The van der Waals surface area contributed by atoms with Crippen molar-refractivity contribution in [2.24, 2.45) is 0 Å². The van der Waals surface area contributed by atoms with E-state index < -0.39 is 0 Å². The molecule has 0 unspecified atom stereocenters. The van der Waals surface area contributed by atoms with Crippen LogP contribution in [-0.4, -0.2) is 9.97 Å². The highest BCUT2D eigenvalue weighted by Crippen LogP contribution is 2.53. The number of aromatic nitrogens is 2. The molecule has 55 heavy (non-hydrogen) atoms. The molecule has 2 nitrogen and oxygen atoms in total. The summed E-state index contributed by atoms with van der Waals surface area (Å²) in [7, 11) is 0. The highest BCUT2D eigenvalue weighted by molar-refractivity contribution is 5.98. The lowest BCUT2D eigenvalue weighted by Gasteiger charge is -2.22. The fourth-order valence-corrected chi connectivity index (χ4v) is 8.41. The van der Waals surface area contributed by atoms with Crippen LogP contribution in [-0.2, 0) is 5.41 Å². The molecule has 1 aromatic heterocycles. The highest BCUT2D eigenvalue weighted by atomic mass is 14.9. The SMILES string of the molecule is CC1(C)c2cc3ccccc3cc2-c2c(-c3ccc(-c4ccc(-c5cc(-c6ccccc6-c6ccccc6)nc(-c6ccccc6)n5)cc4)cc3)cccc21. The number of nitrogens with zero attached hydrogens (tertiary/aromatic N) is 2. The normalized spacial score (nSPS) is 12.7. The highest BCUT2D eigenvalue weighted by Gasteiger charge is 2.37. The van der Waals surface area contributed by atoms with E-state index in [1.165, 1.54) is 55.3 Å². The van der Waals surface area contributed by atoms with Crippen molar-refractivity contribution in [3.05, 3.63) is 205 Å². The summed E-state index contributed by atoms with van der Waals surface area (Å²) in [4.78, 5) is 10.2. The van der Waals surface area contributed by atoms with Crippen LogP contribution in [0.15, 0.2) is 194 Å². The number of hydrogen-bond acceptors (Lipinski definition) is 2. The Morgan fingerprint density at radius 1 is 0.327 bits per heavy atom. The summed E-state index contributed by atoms with van der Waals surface area (Å²) in [5.74, 6) is 0.710. The third-order valence-corrected chi connectivity index (χ3v) is 11.3. The first-order valence-corrected chi connectivity index (χ1v) is 19.0. The molecule has 1 aliphatic carbocycles. The minimum Gasteiger partial charge on any atom is -0.228 e. The van der Waals surface area contributed by atoms with E-state index in [4.69, 9.17) is 9.97 Å². The van der Waals surface area contributed by atoms with Gasteiger partial charge in [0, 0.05) is 22.1 Å². The Balaban J connectivity index is 1.00. The maximum Gasteiger partial charge on any atom is 0.160 e. The van der Waals surface area contributed by atoms with Gasteiger partial charge in [-0.3, -0.25) is 0 Å². The maximum absolute atomic E-state index is 5.13. The van der Waals surface area contributed by atoms with Crippen LogP contribution in [0.25, 0.3) is 89.2 Å². The Labute approximate surface area is 322 Å². The molecular weight excluding hydrogens is 665 g/mol. The van der Waals surface area contributed by atoms with Gasteiger partial charge in [0.1, 0.15) is 0 Å². The lowest BCUT2D eigenvalue weighted by molar-refractivity contribution is 0.661. The van der Waals surface area contributed by atoms with Crippen molar-refractivity contribution < 1.29 is 0 Å². The molecule has 0 N–H and O–H groups in total. The van der Waals surface area contributed by atoms with Gasteiger partial charge < -0.3 is 0 Å². The number of fused-ring (bicyclic) bond motifs is 4. The van der Waals surface area contributed by atoms with Gasteiger partial charge in [0.2, 0.25) is 0 Å². The average molecular weight is 703 g/mol. The molecule has 0 saturated heterocycles. The van der Waals surface area contributed by atoms with Gasteiger partial charge in [-0.2, -0.15) is 0 Å². The van der Waals surface area contributed by atoms with Gasteiger partial charge in [-0.25, -0.2) is 9.97 Å². The number of rotatable bonds is 6. The van der Waals surface area contributed by atoms with E-state index >= 15 is 0 Å². The number of benzene rings is 8. The lowest BCUT2D eigenvalue weighted by Crippen LogP contribution is -2.14. The van der Waals surface area contributed by atoms with E-state index in [0.29, 0.717) is 5.82 Å². The molecular formula is C53H38N2. The molecule has 0 radical (unpaired) electrons. The van der Waals surface area contributed by atoms with Crippen molar-refractivity contribution in [1.29, 1.82) is 0 Å². The lowest BCUT2D eigenvalue weighted by atomic mass is 9.81. The van der Waals surface area contributed by atoms with Crippen LogP contribution in [0.1, 0.15) is 25.0 Å². The number of hydrogen-bond donors (Lipinski definition) is 0. The quantitative estimate of drug-likeness (QED) is 0.172. The van der Waals surface area contributed by atoms with Gasteiger partial charge in [0.15, 0.2) is 5.82 Å². The van der Waals surface area contributed by atoms with Crippen molar-refractivity contribution in [2.75, 3.05) is 0 Å². The molecule has 1 heterocycles. The molecule has 10 rings (SSSR count). The third-order valence-electron chi connectivity index (χ3n) is 11.3. The fraction of sp³-hybridized carbons (Fsp3) is 0.0566. The smallest absolute Gasteiger partial charge is 0.160 e. The molecule has 9 aromatic rings. The van der Waals surface area contributed by atoms with E-state index in [-0.39, 0.29) is 5.41 Å². The first kappa shape index (κ1) is 32.7. The van der Waals surface area contributed by atoms with Gasteiger partial charge >= 0.3 is 0 Å². The average Bonchev–Trinajstić information content (AvgIpc) is 3.48. The molecule has 260 valence electrons. The summed E-state index contributed by atoms with van der Waals surface area (Å²) in [5, 5.41) is 2.58. The summed E-state index contributed by atoms with van der Waals surface area (Å²) in [6, 6.07) is 69.5. The van der Waals surface area contributed by atoms with Gasteiger partial charge in [-0.15, -0.1) is 0 Å². The summed E-state index contributed by atoms with van der Waals surface area (Å²) in [6.07, 6.45) is 0. The summed E-state index contributed by atoms with van der Waals surface area (Å²) < 4.78 is 0. The Hall–Kier alpha value is -6.90. The second kappa shape index (κ2) is 13.2. The van der Waals surface area contributed by atoms with E-state index in [2.05, 4.69) is 190 Å². The Kier molecular flexibility index (Phi) is 7.85. The second-order valence-corrected chi connectivity index (χ2v) is 15.0. The predicted octanol–water partition coefficient (Wildman–Crippen LogP) is 13.9. The van der Waals surface area contributed by atoms with Gasteiger partial charge in [0.05, 0.1) is 11.4 Å². The standard InChI is InChI=1S/C53H38N2/c1-53(2)47-23-13-22-44(51(47)46-32-41-18-9-10-19-42(41)33-48(46)53)38-28-24-35(25-29-38)36-26-30-39(31-27-36)49-34-50(55-52(54-49)40-16-7-4-8-17-40)45-21-12-11-20-43(45)37-14-5-3-6-15-37/h3-34H,1-2H3. The third kappa shape index (κ3) is 5.75. The summed E-state index contributed by atoms with van der Waals surface area (Å²) in [6.45, 7) is 4.72. The Bertz CT molecular complexity index is 2850. The van der Waals surface area contributed by atoms with Crippen LogP contribution < -0.4 is 0 Å². The molecule has 0 bridgehead atoms. The molecule has 0 fully saturated rings. The summed E-state index contributed by atoms with van der Waals surface area (Å²) >= 11 is 0. The van der Waals surface area contributed by atoms with Crippen molar-refractivity contribution in [3.8, 4) is 78.4 Å². The van der Waals surface area contributed by atoms with Gasteiger partial charge in [-0.1, -0.05) is 190 Å².